The Labute approximate surface area is 187 Å². The number of carbonyl (C=O) groups excluding carboxylic acids is 1. The van der Waals surface area contributed by atoms with Crippen LogP contribution in [0.15, 0.2) is 41.3 Å². The molecule has 1 heterocycles. The smallest absolute Gasteiger partial charge is 0.255 e. The number of hydrogen-bond acceptors (Lipinski definition) is 4. The van der Waals surface area contributed by atoms with Crippen LogP contribution in [0.1, 0.15) is 30.6 Å². The molecule has 1 saturated heterocycles. The molecule has 162 valence electrons. The molecular formula is C21H24Cl2N2O4S. The van der Waals surface area contributed by atoms with Gasteiger partial charge in [0, 0.05) is 23.7 Å². The fourth-order valence-electron chi connectivity index (χ4n) is 3.75. The summed E-state index contributed by atoms with van der Waals surface area (Å²) in [5.41, 5.74) is 0.511. The van der Waals surface area contributed by atoms with E-state index >= 15 is 0 Å². The zero-order chi connectivity index (χ0) is 22.1. The summed E-state index contributed by atoms with van der Waals surface area (Å²) in [6.45, 7) is 4.94. The molecule has 1 aliphatic rings. The quantitative estimate of drug-likeness (QED) is 0.672. The van der Waals surface area contributed by atoms with Gasteiger partial charge in [0.1, 0.15) is 10.6 Å². The van der Waals surface area contributed by atoms with Crippen LogP contribution in [-0.4, -0.2) is 38.8 Å². The summed E-state index contributed by atoms with van der Waals surface area (Å²) in [6, 6.07) is 9.04. The summed E-state index contributed by atoms with van der Waals surface area (Å²) in [4.78, 5) is 12.7. The Kier molecular flexibility index (Phi) is 6.97. The number of rotatable bonds is 5. The summed E-state index contributed by atoms with van der Waals surface area (Å²) in [6.07, 6.45) is 0.978. The molecule has 0 saturated carbocycles. The number of nitrogens with zero attached hydrogens (tertiary/aromatic N) is 1. The Balaban J connectivity index is 1.95. The second-order valence-electron chi connectivity index (χ2n) is 7.71. The number of carbonyl (C=O) groups is 1. The molecule has 0 aliphatic carbocycles. The maximum Gasteiger partial charge on any atom is 0.255 e. The number of sulfonamides is 1. The van der Waals surface area contributed by atoms with Crippen molar-refractivity contribution >= 4 is 44.8 Å². The van der Waals surface area contributed by atoms with Crippen molar-refractivity contribution in [3.05, 3.63) is 52.0 Å². The van der Waals surface area contributed by atoms with E-state index in [1.807, 2.05) is 13.8 Å². The third-order valence-corrected chi connectivity index (χ3v) is 7.47. The Hall–Kier alpha value is -1.80. The molecule has 1 aliphatic heterocycles. The van der Waals surface area contributed by atoms with Gasteiger partial charge in [-0.15, -0.1) is 0 Å². The SMILES string of the molecule is COc1ccc(C(=O)Nc2cc(Cl)ccc2Cl)cc1S(=O)(=O)N1C[C@H](C)C[C@H](C)C1. The van der Waals surface area contributed by atoms with Gasteiger partial charge in [0.15, 0.2) is 0 Å². The summed E-state index contributed by atoms with van der Waals surface area (Å²) in [7, 11) is -2.43. The lowest BCUT2D eigenvalue weighted by molar-refractivity contribution is 0.102. The number of nitrogens with one attached hydrogen (secondary N) is 1. The topological polar surface area (TPSA) is 75.7 Å². The highest BCUT2D eigenvalue weighted by molar-refractivity contribution is 7.89. The maximum atomic E-state index is 13.4. The van der Waals surface area contributed by atoms with E-state index in [1.165, 1.54) is 35.7 Å². The number of hydrogen-bond donors (Lipinski definition) is 1. The van der Waals surface area contributed by atoms with E-state index in [0.717, 1.165) is 6.42 Å². The molecule has 1 fully saturated rings. The molecule has 9 heteroatoms. The average molecular weight is 471 g/mol. The first-order valence-corrected chi connectivity index (χ1v) is 11.8. The third kappa shape index (κ3) is 4.91. The number of amides is 1. The molecule has 2 atom stereocenters. The molecular weight excluding hydrogens is 447 g/mol. The number of ether oxygens (including phenoxy) is 1. The van der Waals surface area contributed by atoms with E-state index < -0.39 is 15.9 Å². The molecule has 2 aromatic rings. The fraction of sp³-hybridized carbons (Fsp3) is 0.381. The molecule has 0 bridgehead atoms. The van der Waals surface area contributed by atoms with Crippen LogP contribution in [0.3, 0.4) is 0 Å². The Morgan fingerprint density at radius 2 is 1.77 bits per heavy atom. The molecule has 0 unspecified atom stereocenters. The van der Waals surface area contributed by atoms with Gasteiger partial charge >= 0.3 is 0 Å². The monoisotopic (exact) mass is 470 g/mol. The number of anilines is 1. The standard InChI is InChI=1S/C21H24Cl2N2O4S/c1-13-8-14(2)12-25(11-13)30(27,28)20-9-15(4-7-19(20)29-3)21(26)24-18-10-16(22)5-6-17(18)23/h4-7,9-10,13-14H,8,11-12H2,1-3H3,(H,24,26)/t13-,14+. The highest BCUT2D eigenvalue weighted by atomic mass is 35.5. The predicted octanol–water partition coefficient (Wildman–Crippen LogP) is 4.92. The Bertz CT molecular complexity index is 1050. The first-order chi connectivity index (χ1) is 14.1. The van der Waals surface area contributed by atoms with Crippen LogP contribution >= 0.6 is 23.2 Å². The van der Waals surface area contributed by atoms with Gasteiger partial charge in [-0.2, -0.15) is 4.31 Å². The first-order valence-electron chi connectivity index (χ1n) is 9.56. The van der Waals surface area contributed by atoms with Crippen LogP contribution in [-0.2, 0) is 10.0 Å². The average Bonchev–Trinajstić information content (AvgIpc) is 2.69. The number of piperidine rings is 1. The van der Waals surface area contributed by atoms with E-state index in [-0.39, 0.29) is 28.0 Å². The first kappa shape index (κ1) is 22.9. The highest BCUT2D eigenvalue weighted by Gasteiger charge is 2.34. The zero-order valence-electron chi connectivity index (χ0n) is 17.0. The van der Waals surface area contributed by atoms with Crippen molar-refractivity contribution in [1.82, 2.24) is 4.31 Å². The maximum absolute atomic E-state index is 13.4. The van der Waals surface area contributed by atoms with Crippen molar-refractivity contribution in [3.63, 3.8) is 0 Å². The van der Waals surface area contributed by atoms with Crippen LogP contribution < -0.4 is 10.1 Å². The van der Waals surface area contributed by atoms with Gasteiger partial charge in [0.2, 0.25) is 10.0 Å². The lowest BCUT2D eigenvalue weighted by Gasteiger charge is -2.34. The van der Waals surface area contributed by atoms with Crippen LogP contribution in [0.25, 0.3) is 0 Å². The van der Waals surface area contributed by atoms with Gasteiger partial charge in [0.05, 0.1) is 17.8 Å². The molecule has 0 radical (unpaired) electrons. The molecule has 1 N–H and O–H groups in total. The Morgan fingerprint density at radius 1 is 1.10 bits per heavy atom. The minimum Gasteiger partial charge on any atom is -0.495 e. The van der Waals surface area contributed by atoms with E-state index in [9.17, 15) is 13.2 Å². The summed E-state index contributed by atoms with van der Waals surface area (Å²) < 4.78 is 33.5. The van der Waals surface area contributed by atoms with Crippen molar-refractivity contribution in [3.8, 4) is 5.75 Å². The van der Waals surface area contributed by atoms with E-state index in [4.69, 9.17) is 27.9 Å². The molecule has 0 aromatic heterocycles. The van der Waals surface area contributed by atoms with E-state index in [2.05, 4.69) is 5.32 Å². The number of benzene rings is 2. The van der Waals surface area contributed by atoms with Gasteiger partial charge in [-0.1, -0.05) is 37.0 Å². The van der Waals surface area contributed by atoms with Crippen molar-refractivity contribution in [2.45, 2.75) is 25.2 Å². The van der Waals surface area contributed by atoms with Gasteiger partial charge < -0.3 is 10.1 Å². The second kappa shape index (κ2) is 9.14. The minimum absolute atomic E-state index is 0.0314. The zero-order valence-corrected chi connectivity index (χ0v) is 19.3. The summed E-state index contributed by atoms with van der Waals surface area (Å²) in [5, 5.41) is 3.41. The number of halogens is 2. The third-order valence-electron chi connectivity index (χ3n) is 5.06. The lowest BCUT2D eigenvalue weighted by Crippen LogP contribution is -2.42. The molecule has 30 heavy (non-hydrogen) atoms. The van der Waals surface area contributed by atoms with Crippen LogP contribution in [0.2, 0.25) is 10.0 Å². The van der Waals surface area contributed by atoms with Crippen molar-refractivity contribution in [2.75, 3.05) is 25.5 Å². The van der Waals surface area contributed by atoms with E-state index in [1.54, 1.807) is 12.1 Å². The minimum atomic E-state index is -3.83. The van der Waals surface area contributed by atoms with Crippen molar-refractivity contribution < 1.29 is 17.9 Å². The van der Waals surface area contributed by atoms with E-state index in [0.29, 0.717) is 28.8 Å². The summed E-state index contributed by atoms with van der Waals surface area (Å²) >= 11 is 12.1. The van der Waals surface area contributed by atoms with Gasteiger partial charge in [-0.05, 0) is 54.7 Å². The largest absolute Gasteiger partial charge is 0.495 e. The second-order valence-corrected chi connectivity index (χ2v) is 10.5. The highest BCUT2D eigenvalue weighted by Crippen LogP contribution is 2.32. The Morgan fingerprint density at radius 3 is 2.40 bits per heavy atom. The van der Waals surface area contributed by atoms with Gasteiger partial charge in [-0.25, -0.2) is 8.42 Å². The van der Waals surface area contributed by atoms with Gasteiger partial charge in [-0.3, -0.25) is 4.79 Å². The fourth-order valence-corrected chi connectivity index (χ4v) is 5.95. The van der Waals surface area contributed by atoms with Crippen molar-refractivity contribution in [2.24, 2.45) is 11.8 Å². The van der Waals surface area contributed by atoms with Crippen LogP contribution in [0.5, 0.6) is 5.75 Å². The molecule has 6 nitrogen and oxygen atoms in total. The summed E-state index contributed by atoms with van der Waals surface area (Å²) in [5.74, 6) is 0.203. The molecule has 0 spiro atoms. The predicted molar refractivity (Wildman–Crippen MR) is 119 cm³/mol. The molecule has 2 aromatic carbocycles. The molecule has 1 amide bonds. The van der Waals surface area contributed by atoms with Crippen LogP contribution in [0.4, 0.5) is 5.69 Å². The van der Waals surface area contributed by atoms with Gasteiger partial charge in [0.25, 0.3) is 5.91 Å². The number of methoxy groups -OCH3 is 1. The van der Waals surface area contributed by atoms with Crippen molar-refractivity contribution in [1.29, 1.82) is 0 Å². The van der Waals surface area contributed by atoms with Crippen LogP contribution in [0, 0.1) is 11.8 Å². The lowest BCUT2D eigenvalue weighted by atomic mass is 9.94. The normalized spacial score (nSPS) is 20.0. The molecule has 3 rings (SSSR count).